The van der Waals surface area contributed by atoms with Crippen molar-refractivity contribution in [3.8, 4) is 0 Å². The fraction of sp³-hybridized carbons (Fsp3) is 0.278. The van der Waals surface area contributed by atoms with E-state index in [1.807, 2.05) is 12.1 Å². The highest BCUT2D eigenvalue weighted by atomic mass is 35.5. The second-order valence-corrected chi connectivity index (χ2v) is 6.15. The number of ether oxygens (including phenoxy) is 1. The molecule has 1 aliphatic carbocycles. The molecule has 1 unspecified atom stereocenters. The van der Waals surface area contributed by atoms with E-state index in [2.05, 4.69) is 6.92 Å². The van der Waals surface area contributed by atoms with E-state index in [0.717, 1.165) is 24.0 Å². The second-order valence-electron chi connectivity index (χ2n) is 5.34. The van der Waals surface area contributed by atoms with E-state index in [1.54, 1.807) is 24.3 Å². The van der Waals surface area contributed by atoms with Gasteiger partial charge in [-0.15, -0.1) is 0 Å². The molecule has 0 bridgehead atoms. The van der Waals surface area contributed by atoms with Gasteiger partial charge < -0.3 is 4.74 Å². The second kappa shape index (κ2) is 6.41. The first-order chi connectivity index (χ1) is 10.6. The molecule has 0 aromatic heterocycles. The highest BCUT2D eigenvalue weighted by molar-refractivity contribution is 6.36. The highest BCUT2D eigenvalue weighted by Gasteiger charge is 2.34. The van der Waals surface area contributed by atoms with Crippen LogP contribution in [0.15, 0.2) is 36.4 Å². The number of unbranched alkanes of at least 4 members (excludes halogenated alkanes) is 1. The Bertz CT molecular complexity index is 725. The number of hydrogen-bond donors (Lipinski definition) is 0. The monoisotopic (exact) mass is 334 g/mol. The maximum atomic E-state index is 12.8. The van der Waals surface area contributed by atoms with Crippen molar-refractivity contribution in [2.24, 2.45) is 0 Å². The lowest BCUT2D eigenvalue weighted by atomic mass is 9.83. The van der Waals surface area contributed by atoms with E-state index >= 15 is 0 Å². The van der Waals surface area contributed by atoms with E-state index in [9.17, 15) is 4.79 Å². The number of benzene rings is 2. The van der Waals surface area contributed by atoms with Crippen molar-refractivity contribution in [2.75, 3.05) is 6.61 Å². The number of hydrogen-bond acceptors (Lipinski definition) is 2. The SMILES string of the molecule is CCCCOC1c2cccc(Cl)c2C(=O)c2cccc(Cl)c21. The maximum absolute atomic E-state index is 12.8. The Balaban J connectivity index is 2.16. The van der Waals surface area contributed by atoms with Gasteiger partial charge in [-0.3, -0.25) is 4.79 Å². The summed E-state index contributed by atoms with van der Waals surface area (Å²) in [5, 5.41) is 1.01. The summed E-state index contributed by atoms with van der Waals surface area (Å²) in [6.07, 6.45) is 1.66. The lowest BCUT2D eigenvalue weighted by Crippen LogP contribution is -2.22. The van der Waals surface area contributed by atoms with Crippen LogP contribution in [0.5, 0.6) is 0 Å². The molecule has 0 N–H and O–H groups in total. The molecule has 0 amide bonds. The van der Waals surface area contributed by atoms with E-state index in [1.165, 1.54) is 0 Å². The zero-order chi connectivity index (χ0) is 15.7. The van der Waals surface area contributed by atoms with Crippen LogP contribution in [-0.2, 0) is 4.74 Å². The van der Waals surface area contributed by atoms with Gasteiger partial charge in [0.1, 0.15) is 6.10 Å². The van der Waals surface area contributed by atoms with E-state index in [4.69, 9.17) is 27.9 Å². The molecular formula is C18H16Cl2O2. The molecule has 0 fully saturated rings. The van der Waals surface area contributed by atoms with Crippen molar-refractivity contribution in [3.63, 3.8) is 0 Å². The molecule has 1 atom stereocenters. The fourth-order valence-corrected chi connectivity index (χ4v) is 3.35. The van der Waals surface area contributed by atoms with Gasteiger partial charge in [0.2, 0.25) is 0 Å². The zero-order valence-electron chi connectivity index (χ0n) is 12.2. The Hall–Kier alpha value is -1.35. The van der Waals surface area contributed by atoms with Crippen LogP contribution >= 0.6 is 23.2 Å². The first kappa shape index (κ1) is 15.5. The maximum Gasteiger partial charge on any atom is 0.195 e. The molecule has 2 nitrogen and oxygen atoms in total. The smallest absolute Gasteiger partial charge is 0.195 e. The van der Waals surface area contributed by atoms with Crippen molar-refractivity contribution in [2.45, 2.75) is 25.9 Å². The van der Waals surface area contributed by atoms with E-state index in [0.29, 0.717) is 27.8 Å². The number of ketones is 1. The molecule has 2 aromatic carbocycles. The molecule has 0 heterocycles. The van der Waals surface area contributed by atoms with Crippen molar-refractivity contribution >= 4 is 29.0 Å². The van der Waals surface area contributed by atoms with Crippen LogP contribution in [0.3, 0.4) is 0 Å². The van der Waals surface area contributed by atoms with Crippen molar-refractivity contribution < 1.29 is 9.53 Å². The molecule has 0 saturated heterocycles. The fourth-order valence-electron chi connectivity index (χ4n) is 2.81. The van der Waals surface area contributed by atoms with Crippen LogP contribution in [0.1, 0.15) is 52.9 Å². The minimum absolute atomic E-state index is 0.0894. The summed E-state index contributed by atoms with van der Waals surface area (Å²) in [6, 6.07) is 10.8. The standard InChI is InChI=1S/C18H16Cl2O2/c1-2-3-10-22-18-12-7-5-8-13(19)15(12)17(21)11-6-4-9-14(20)16(11)18/h4-9,18H,2-3,10H2,1H3. The highest BCUT2D eigenvalue weighted by Crippen LogP contribution is 2.42. The molecule has 2 aromatic rings. The number of fused-ring (bicyclic) bond motifs is 2. The van der Waals surface area contributed by atoms with Gasteiger partial charge in [0.15, 0.2) is 5.78 Å². The molecule has 0 spiro atoms. The van der Waals surface area contributed by atoms with Gasteiger partial charge in [0.25, 0.3) is 0 Å². The van der Waals surface area contributed by atoms with Gasteiger partial charge in [-0.1, -0.05) is 60.8 Å². The van der Waals surface area contributed by atoms with E-state index < -0.39 is 0 Å². The average Bonchev–Trinajstić information content (AvgIpc) is 2.51. The molecule has 114 valence electrons. The largest absolute Gasteiger partial charge is 0.369 e. The van der Waals surface area contributed by atoms with Gasteiger partial charge in [-0.25, -0.2) is 0 Å². The molecule has 22 heavy (non-hydrogen) atoms. The van der Waals surface area contributed by atoms with Crippen LogP contribution in [0.4, 0.5) is 0 Å². The van der Waals surface area contributed by atoms with E-state index in [-0.39, 0.29) is 11.9 Å². The van der Waals surface area contributed by atoms with Gasteiger partial charge in [0, 0.05) is 28.3 Å². The zero-order valence-corrected chi connectivity index (χ0v) is 13.7. The predicted octanol–water partition coefficient (Wildman–Crippen LogP) is 5.44. The number of halogens is 2. The van der Waals surface area contributed by atoms with Gasteiger partial charge >= 0.3 is 0 Å². The summed E-state index contributed by atoms with van der Waals surface area (Å²) in [7, 11) is 0. The Labute approximate surface area is 140 Å². The van der Waals surface area contributed by atoms with Crippen molar-refractivity contribution in [3.05, 3.63) is 68.7 Å². The summed E-state index contributed by atoms with van der Waals surface area (Å²) in [4.78, 5) is 12.8. The molecule has 4 heteroatoms. The summed E-state index contributed by atoms with van der Waals surface area (Å²) in [6.45, 7) is 2.73. The van der Waals surface area contributed by atoms with Crippen molar-refractivity contribution in [1.29, 1.82) is 0 Å². The van der Waals surface area contributed by atoms with Crippen LogP contribution in [0.2, 0.25) is 10.0 Å². The van der Waals surface area contributed by atoms with Crippen LogP contribution < -0.4 is 0 Å². The van der Waals surface area contributed by atoms with Crippen LogP contribution in [0.25, 0.3) is 0 Å². The number of carbonyl (C=O) groups excluding carboxylic acids is 1. The Morgan fingerprint density at radius 3 is 2.59 bits per heavy atom. The number of rotatable bonds is 4. The van der Waals surface area contributed by atoms with Crippen LogP contribution in [0, 0.1) is 0 Å². The molecule has 0 aliphatic heterocycles. The topological polar surface area (TPSA) is 26.3 Å². The van der Waals surface area contributed by atoms with Gasteiger partial charge in [-0.05, 0) is 24.1 Å². The minimum atomic E-state index is -0.346. The third-order valence-corrected chi connectivity index (χ3v) is 4.54. The number of carbonyl (C=O) groups is 1. The third-order valence-electron chi connectivity index (χ3n) is 3.90. The third kappa shape index (κ3) is 2.56. The van der Waals surface area contributed by atoms with Crippen LogP contribution in [-0.4, -0.2) is 12.4 Å². The summed E-state index contributed by atoms with van der Waals surface area (Å²) in [5.74, 6) is -0.0894. The van der Waals surface area contributed by atoms with Gasteiger partial charge in [-0.2, -0.15) is 0 Å². The average molecular weight is 335 g/mol. The Kier molecular flexibility index (Phi) is 4.53. The molecular weight excluding hydrogens is 319 g/mol. The normalized spacial score (nSPS) is 16.3. The summed E-state index contributed by atoms with van der Waals surface area (Å²) >= 11 is 12.6. The van der Waals surface area contributed by atoms with Gasteiger partial charge in [0.05, 0.1) is 5.02 Å². The summed E-state index contributed by atoms with van der Waals surface area (Å²) in [5.41, 5.74) is 2.66. The Morgan fingerprint density at radius 2 is 1.82 bits per heavy atom. The lowest BCUT2D eigenvalue weighted by molar-refractivity contribution is 0.0726. The predicted molar refractivity (Wildman–Crippen MR) is 89.0 cm³/mol. The first-order valence-corrected chi connectivity index (χ1v) is 8.13. The summed E-state index contributed by atoms with van der Waals surface area (Å²) < 4.78 is 6.07. The Morgan fingerprint density at radius 1 is 1.09 bits per heavy atom. The quantitative estimate of drug-likeness (QED) is 0.695. The van der Waals surface area contributed by atoms with Crippen molar-refractivity contribution in [1.82, 2.24) is 0 Å². The molecule has 0 radical (unpaired) electrons. The minimum Gasteiger partial charge on any atom is -0.369 e. The first-order valence-electron chi connectivity index (χ1n) is 7.38. The molecule has 1 aliphatic rings. The lowest BCUT2D eigenvalue weighted by Gasteiger charge is -2.29. The molecule has 3 rings (SSSR count). The molecule has 0 saturated carbocycles.